The van der Waals surface area contributed by atoms with E-state index in [2.05, 4.69) is 4.98 Å². The Hall–Kier alpha value is -4.03. The largest absolute Gasteiger partial charge is 0.449 e. The van der Waals surface area contributed by atoms with Crippen molar-refractivity contribution in [1.29, 1.82) is 0 Å². The number of fused-ring (bicyclic) bond motifs is 1. The number of amides is 2. The molecule has 5 rings (SSSR count). The molecule has 0 bridgehead atoms. The van der Waals surface area contributed by atoms with Crippen LogP contribution in [0.15, 0.2) is 52.9 Å². The number of nitrogens with one attached hydrogen (secondary N) is 1. The Morgan fingerprint density at radius 1 is 1.07 bits per heavy atom. The minimum Gasteiger partial charge on any atom is -0.449 e. The quantitative estimate of drug-likeness (QED) is 0.307. The lowest BCUT2D eigenvalue weighted by molar-refractivity contribution is 0.0483. The second kappa shape index (κ2) is 11.2. The molecular weight excluding hydrogens is 609 g/mol. The molecule has 44 heavy (non-hydrogen) atoms. The fraction of sp³-hybridized carbons (Fsp3) is 0.355. The Kier molecular flexibility index (Phi) is 7.96. The molecule has 4 aromatic rings. The third-order valence-electron chi connectivity index (χ3n) is 7.43. The number of piperazine rings is 1. The van der Waals surface area contributed by atoms with E-state index in [0.29, 0.717) is 47.8 Å². The van der Waals surface area contributed by atoms with Crippen molar-refractivity contribution in [2.45, 2.75) is 45.6 Å². The number of nitrogens with zero attached hydrogens (tertiary/aromatic N) is 4. The van der Waals surface area contributed by atoms with Crippen LogP contribution in [0.4, 0.5) is 10.2 Å². The van der Waals surface area contributed by atoms with Crippen LogP contribution in [-0.4, -0.2) is 66.5 Å². The Morgan fingerprint density at radius 2 is 1.80 bits per heavy atom. The smallest absolute Gasteiger partial charge is 0.290 e. The maximum Gasteiger partial charge on any atom is 0.290 e. The van der Waals surface area contributed by atoms with Crippen LogP contribution >= 0.6 is 11.6 Å². The number of halogens is 2. The molecule has 0 aliphatic carbocycles. The van der Waals surface area contributed by atoms with Gasteiger partial charge in [-0.05, 0) is 49.6 Å². The van der Waals surface area contributed by atoms with E-state index < -0.39 is 27.3 Å². The van der Waals surface area contributed by atoms with Crippen LogP contribution in [-0.2, 0) is 15.4 Å². The summed E-state index contributed by atoms with van der Waals surface area (Å²) in [6.45, 7) is 11.0. The van der Waals surface area contributed by atoms with Crippen molar-refractivity contribution >= 4 is 50.4 Å². The minimum atomic E-state index is -3.74. The van der Waals surface area contributed by atoms with E-state index in [0.717, 1.165) is 11.8 Å². The number of anilines is 1. The molecule has 0 unspecified atom stereocenters. The standard InChI is InChI=1S/C31H33ClFN5O5S/c1-30(2,3)19-15-23(18-10-11-20(32)21(33)14-18)34-24-16-25(43-27(19)24)29(40)38-13-12-37(17-31(38,4)5)26-9-7-8-22(35-26)28(39)36-44(6,41)42/h7-11,14-16H,12-13,17H2,1-6H3,(H,36,39). The first-order valence-electron chi connectivity index (χ1n) is 13.9. The van der Waals surface area contributed by atoms with Crippen molar-refractivity contribution in [1.82, 2.24) is 19.6 Å². The molecule has 1 aliphatic heterocycles. The molecule has 0 saturated carbocycles. The molecule has 1 fully saturated rings. The number of aromatic nitrogens is 2. The molecule has 1 aromatic carbocycles. The van der Waals surface area contributed by atoms with Crippen molar-refractivity contribution in [3.63, 3.8) is 0 Å². The van der Waals surface area contributed by atoms with Crippen molar-refractivity contribution in [2.24, 2.45) is 0 Å². The van der Waals surface area contributed by atoms with Gasteiger partial charge in [-0.2, -0.15) is 0 Å². The highest BCUT2D eigenvalue weighted by molar-refractivity contribution is 7.89. The van der Waals surface area contributed by atoms with Crippen LogP contribution < -0.4 is 9.62 Å². The number of hydrogen-bond donors (Lipinski definition) is 1. The van der Waals surface area contributed by atoms with Gasteiger partial charge in [0.2, 0.25) is 10.0 Å². The Balaban J connectivity index is 1.43. The first-order valence-corrected chi connectivity index (χ1v) is 16.2. The second-order valence-corrected chi connectivity index (χ2v) is 14.7. The first-order chi connectivity index (χ1) is 20.4. The molecule has 0 radical (unpaired) electrons. The monoisotopic (exact) mass is 641 g/mol. The van der Waals surface area contributed by atoms with Gasteiger partial charge in [-0.15, -0.1) is 0 Å². The van der Waals surface area contributed by atoms with E-state index in [4.69, 9.17) is 21.0 Å². The summed E-state index contributed by atoms with van der Waals surface area (Å²) in [5.41, 5.74) is 1.80. The van der Waals surface area contributed by atoms with Crippen LogP contribution in [0.1, 0.15) is 61.2 Å². The van der Waals surface area contributed by atoms with E-state index >= 15 is 0 Å². The molecular formula is C31H33ClFN5O5S. The number of sulfonamides is 1. The summed E-state index contributed by atoms with van der Waals surface area (Å²) in [6, 6.07) is 12.8. The van der Waals surface area contributed by atoms with Gasteiger partial charge in [-0.3, -0.25) is 9.59 Å². The maximum atomic E-state index is 14.3. The summed E-state index contributed by atoms with van der Waals surface area (Å²) >= 11 is 5.89. The van der Waals surface area contributed by atoms with E-state index in [-0.39, 0.29) is 27.8 Å². The average Bonchev–Trinajstić information content (AvgIpc) is 3.36. The highest BCUT2D eigenvalue weighted by atomic mass is 35.5. The van der Waals surface area contributed by atoms with Gasteiger partial charge in [0, 0.05) is 36.8 Å². The number of hydrogen-bond acceptors (Lipinski definition) is 8. The molecule has 3 aromatic heterocycles. The third-order valence-corrected chi connectivity index (χ3v) is 8.29. The normalized spacial score (nSPS) is 15.5. The number of carbonyl (C=O) groups is 2. The number of carbonyl (C=O) groups excluding carboxylic acids is 2. The SMILES string of the molecule is CC(C)(C)c1cc(-c2ccc(Cl)c(F)c2)nc2cc(C(=O)N3CCN(c4cccc(C(=O)NS(C)(=O)=O)n4)CC3(C)C)oc12. The summed E-state index contributed by atoms with van der Waals surface area (Å²) < 4.78 is 45.4. The second-order valence-electron chi connectivity index (χ2n) is 12.5. The number of furan rings is 1. The summed E-state index contributed by atoms with van der Waals surface area (Å²) in [5, 5.41) is 0.0192. The molecule has 0 spiro atoms. The lowest BCUT2D eigenvalue weighted by atomic mass is 9.86. The van der Waals surface area contributed by atoms with Crippen molar-refractivity contribution in [3.05, 3.63) is 76.4 Å². The van der Waals surface area contributed by atoms with E-state index in [9.17, 15) is 22.4 Å². The van der Waals surface area contributed by atoms with E-state index in [1.807, 2.05) is 50.3 Å². The summed E-state index contributed by atoms with van der Waals surface area (Å²) in [7, 11) is -3.74. The summed E-state index contributed by atoms with van der Waals surface area (Å²) in [6.07, 6.45) is 0.898. The highest BCUT2D eigenvalue weighted by Gasteiger charge is 2.39. The topological polar surface area (TPSA) is 126 Å². The molecule has 2 amide bonds. The maximum absolute atomic E-state index is 14.3. The van der Waals surface area contributed by atoms with Crippen molar-refractivity contribution in [2.75, 3.05) is 30.8 Å². The predicted molar refractivity (Wildman–Crippen MR) is 167 cm³/mol. The zero-order valence-electron chi connectivity index (χ0n) is 25.2. The van der Waals surface area contributed by atoms with Crippen LogP contribution in [0.2, 0.25) is 5.02 Å². The Labute approximate surface area is 260 Å². The summed E-state index contributed by atoms with van der Waals surface area (Å²) in [5.74, 6) is -1.05. The van der Waals surface area contributed by atoms with Crippen LogP contribution in [0.25, 0.3) is 22.4 Å². The fourth-order valence-electron chi connectivity index (χ4n) is 5.29. The predicted octanol–water partition coefficient (Wildman–Crippen LogP) is 5.41. The minimum absolute atomic E-state index is 0.0192. The molecule has 1 saturated heterocycles. The summed E-state index contributed by atoms with van der Waals surface area (Å²) in [4.78, 5) is 39.0. The average molecular weight is 642 g/mol. The zero-order valence-corrected chi connectivity index (χ0v) is 26.8. The van der Waals surface area contributed by atoms with E-state index in [1.54, 1.807) is 29.2 Å². The molecule has 13 heteroatoms. The molecule has 10 nitrogen and oxygen atoms in total. The number of benzene rings is 1. The van der Waals surface area contributed by atoms with Crippen molar-refractivity contribution < 1.29 is 26.8 Å². The molecule has 4 heterocycles. The van der Waals surface area contributed by atoms with Gasteiger partial charge < -0.3 is 14.2 Å². The third kappa shape index (κ3) is 6.41. The van der Waals surface area contributed by atoms with Gasteiger partial charge in [0.1, 0.15) is 22.8 Å². The highest BCUT2D eigenvalue weighted by Crippen LogP contribution is 2.36. The number of pyridine rings is 2. The van der Waals surface area contributed by atoms with E-state index in [1.165, 1.54) is 18.2 Å². The number of rotatable bonds is 5. The fourth-order valence-corrected chi connectivity index (χ4v) is 5.85. The van der Waals surface area contributed by atoms with Crippen LogP contribution in [0.3, 0.4) is 0 Å². The molecule has 1 aliphatic rings. The van der Waals surface area contributed by atoms with Gasteiger partial charge in [-0.25, -0.2) is 27.5 Å². The van der Waals surface area contributed by atoms with Gasteiger partial charge >= 0.3 is 0 Å². The first kappa shape index (κ1) is 31.4. The Morgan fingerprint density at radius 3 is 2.43 bits per heavy atom. The molecule has 0 atom stereocenters. The van der Waals surface area contributed by atoms with Gasteiger partial charge in [0.25, 0.3) is 11.8 Å². The van der Waals surface area contributed by atoms with Crippen molar-refractivity contribution in [3.8, 4) is 11.3 Å². The lowest BCUT2D eigenvalue weighted by Gasteiger charge is -2.47. The molecule has 232 valence electrons. The van der Waals surface area contributed by atoms with Crippen LogP contribution in [0, 0.1) is 5.82 Å². The lowest BCUT2D eigenvalue weighted by Crippen LogP contribution is -2.61. The van der Waals surface area contributed by atoms with Gasteiger partial charge in [0.05, 0.1) is 22.5 Å². The van der Waals surface area contributed by atoms with Gasteiger partial charge in [-0.1, -0.05) is 44.5 Å². The zero-order chi connectivity index (χ0) is 32.2. The van der Waals surface area contributed by atoms with Crippen LogP contribution in [0.5, 0.6) is 0 Å². The Bertz CT molecular complexity index is 1900. The van der Waals surface area contributed by atoms with Gasteiger partial charge in [0.15, 0.2) is 11.3 Å². The molecule has 1 N–H and O–H groups in total.